The van der Waals surface area contributed by atoms with E-state index in [4.69, 9.17) is 0 Å². The van der Waals surface area contributed by atoms with Gasteiger partial charge in [0.1, 0.15) is 6.04 Å². The zero-order chi connectivity index (χ0) is 28.9. The molecule has 8 heteroatoms. The summed E-state index contributed by atoms with van der Waals surface area (Å²) in [5.74, 6) is 6.01. The maximum Gasteiger partial charge on any atom is 0.255 e. The molecular weight excluding hydrogens is 542 g/mol. The van der Waals surface area contributed by atoms with Crippen LogP contribution < -0.4 is 5.32 Å². The average Bonchev–Trinajstić information content (AvgIpc) is 3.65. The van der Waals surface area contributed by atoms with Gasteiger partial charge in [0.15, 0.2) is 5.13 Å². The van der Waals surface area contributed by atoms with Crippen LogP contribution in [0.5, 0.6) is 0 Å². The van der Waals surface area contributed by atoms with E-state index in [9.17, 15) is 9.59 Å². The molecule has 3 aromatic carbocycles. The van der Waals surface area contributed by atoms with Gasteiger partial charge in [-0.2, -0.15) is 0 Å². The molecular formula is C34H33N5O2S. The van der Waals surface area contributed by atoms with Gasteiger partial charge in [-0.15, -0.1) is 11.3 Å². The van der Waals surface area contributed by atoms with Crippen LogP contribution in [0.2, 0.25) is 0 Å². The molecule has 42 heavy (non-hydrogen) atoms. The van der Waals surface area contributed by atoms with E-state index in [0.717, 1.165) is 61.5 Å². The predicted molar refractivity (Wildman–Crippen MR) is 166 cm³/mol. The molecule has 1 atom stereocenters. The van der Waals surface area contributed by atoms with Crippen LogP contribution in [0.3, 0.4) is 0 Å². The molecule has 2 aliphatic heterocycles. The van der Waals surface area contributed by atoms with Crippen LogP contribution in [0.1, 0.15) is 51.1 Å². The third kappa shape index (κ3) is 6.29. The lowest BCUT2D eigenvalue weighted by Crippen LogP contribution is -2.45. The predicted octanol–water partition coefficient (Wildman–Crippen LogP) is 5.02. The van der Waals surface area contributed by atoms with Gasteiger partial charge >= 0.3 is 0 Å². The fraction of sp³-hybridized carbons (Fsp3) is 0.265. The summed E-state index contributed by atoms with van der Waals surface area (Å²) in [5.41, 5.74) is 5.22. The van der Waals surface area contributed by atoms with Crippen molar-refractivity contribution in [2.75, 3.05) is 38.0 Å². The highest BCUT2D eigenvalue weighted by molar-refractivity contribution is 7.13. The monoisotopic (exact) mass is 575 g/mol. The molecule has 2 aliphatic rings. The van der Waals surface area contributed by atoms with Gasteiger partial charge in [0.05, 0.1) is 0 Å². The number of hydrogen-bond donors (Lipinski definition) is 1. The molecule has 1 saturated heterocycles. The highest BCUT2D eigenvalue weighted by Crippen LogP contribution is 2.33. The number of benzene rings is 3. The largest absolute Gasteiger partial charge is 0.318 e. The normalized spacial score (nSPS) is 16.0. The topological polar surface area (TPSA) is 68.8 Å². The summed E-state index contributed by atoms with van der Waals surface area (Å²) in [6, 6.07) is 22.8. The van der Waals surface area contributed by atoms with E-state index in [1.54, 1.807) is 16.5 Å². The molecule has 1 aromatic heterocycles. The Kier molecular flexibility index (Phi) is 8.42. The van der Waals surface area contributed by atoms with Gasteiger partial charge in [0, 0.05) is 67.5 Å². The highest BCUT2D eigenvalue weighted by Gasteiger charge is 2.37. The van der Waals surface area contributed by atoms with Crippen molar-refractivity contribution in [2.24, 2.45) is 0 Å². The molecule has 0 saturated carbocycles. The Bertz CT molecular complexity index is 1600. The number of piperazine rings is 1. The Labute approximate surface area is 250 Å². The number of anilines is 1. The summed E-state index contributed by atoms with van der Waals surface area (Å²) < 4.78 is 0. The van der Waals surface area contributed by atoms with Crippen molar-refractivity contribution >= 4 is 28.3 Å². The summed E-state index contributed by atoms with van der Waals surface area (Å²) in [7, 11) is 0. The van der Waals surface area contributed by atoms with E-state index >= 15 is 0 Å². The fourth-order valence-electron chi connectivity index (χ4n) is 5.54. The second kappa shape index (κ2) is 12.7. The van der Waals surface area contributed by atoms with Crippen LogP contribution in [0.25, 0.3) is 0 Å². The number of amides is 2. The molecule has 3 heterocycles. The zero-order valence-corrected chi connectivity index (χ0v) is 24.4. The van der Waals surface area contributed by atoms with Crippen LogP contribution in [0.4, 0.5) is 5.13 Å². The molecule has 1 unspecified atom stereocenters. The van der Waals surface area contributed by atoms with Crippen molar-refractivity contribution in [1.82, 2.24) is 19.7 Å². The van der Waals surface area contributed by atoms with Crippen LogP contribution >= 0.6 is 11.3 Å². The van der Waals surface area contributed by atoms with Gasteiger partial charge in [-0.05, 0) is 47.5 Å². The number of nitrogens with one attached hydrogen (secondary N) is 1. The van der Waals surface area contributed by atoms with Crippen molar-refractivity contribution in [2.45, 2.75) is 26.1 Å². The number of nitrogens with zero attached hydrogens (tertiary/aromatic N) is 4. The molecule has 2 amide bonds. The quantitative estimate of drug-likeness (QED) is 0.314. The minimum absolute atomic E-state index is 0.180. The van der Waals surface area contributed by atoms with Crippen molar-refractivity contribution < 1.29 is 9.59 Å². The van der Waals surface area contributed by atoms with Gasteiger partial charge in [-0.25, -0.2) is 4.98 Å². The molecule has 4 aromatic rings. The summed E-state index contributed by atoms with van der Waals surface area (Å²) in [6.45, 7) is 9.12. The van der Waals surface area contributed by atoms with E-state index in [0.29, 0.717) is 17.2 Å². The lowest BCUT2D eigenvalue weighted by Gasteiger charge is -2.34. The Morgan fingerprint density at radius 2 is 1.67 bits per heavy atom. The Hall–Kier alpha value is -4.29. The lowest BCUT2D eigenvalue weighted by atomic mass is 10.0. The van der Waals surface area contributed by atoms with Crippen LogP contribution in [-0.2, 0) is 17.9 Å². The van der Waals surface area contributed by atoms with E-state index < -0.39 is 6.04 Å². The molecule has 0 aliphatic carbocycles. The molecule has 0 spiro atoms. The van der Waals surface area contributed by atoms with E-state index in [1.807, 2.05) is 48.5 Å². The second-order valence-electron chi connectivity index (χ2n) is 10.6. The second-order valence-corrected chi connectivity index (χ2v) is 11.5. The van der Waals surface area contributed by atoms with Gasteiger partial charge in [0.2, 0.25) is 0 Å². The number of thiazole rings is 1. The number of rotatable bonds is 7. The Morgan fingerprint density at radius 1 is 0.952 bits per heavy atom. The van der Waals surface area contributed by atoms with Gasteiger partial charge < -0.3 is 9.80 Å². The summed E-state index contributed by atoms with van der Waals surface area (Å²) in [4.78, 5) is 37.9. The van der Waals surface area contributed by atoms with Crippen molar-refractivity contribution in [3.05, 3.63) is 118 Å². The first-order chi connectivity index (χ1) is 20.6. The first-order valence-corrected chi connectivity index (χ1v) is 15.2. The number of carbonyl (C=O) groups excluding carboxylic acids is 2. The Morgan fingerprint density at radius 3 is 2.38 bits per heavy atom. The SMILES string of the molecule is CCN1CCN(Cc2ccc(C#Cc3ccc4c(c3)C(=O)N(C(C(=O)Nc3nccs3)c3ccccc3)C4)cc2)CC1. The maximum atomic E-state index is 13.7. The summed E-state index contributed by atoms with van der Waals surface area (Å²) in [6.07, 6.45) is 1.64. The number of aromatic nitrogens is 1. The van der Waals surface area contributed by atoms with Crippen LogP contribution in [0, 0.1) is 11.8 Å². The molecule has 1 fully saturated rings. The van der Waals surface area contributed by atoms with Crippen molar-refractivity contribution in [3.8, 4) is 11.8 Å². The first-order valence-electron chi connectivity index (χ1n) is 14.3. The number of fused-ring (bicyclic) bond motifs is 1. The maximum absolute atomic E-state index is 13.7. The van der Waals surface area contributed by atoms with E-state index in [1.165, 1.54) is 16.9 Å². The van der Waals surface area contributed by atoms with Crippen LogP contribution in [0.15, 0.2) is 84.4 Å². The molecule has 1 N–H and O–H groups in total. The first kappa shape index (κ1) is 27.9. The van der Waals surface area contributed by atoms with Gasteiger partial charge in [-0.1, -0.05) is 67.3 Å². The van der Waals surface area contributed by atoms with E-state index in [-0.39, 0.29) is 11.8 Å². The minimum atomic E-state index is -0.779. The smallest absolute Gasteiger partial charge is 0.255 e. The third-order valence-corrected chi connectivity index (χ3v) is 8.59. The van der Waals surface area contributed by atoms with Crippen molar-refractivity contribution in [3.63, 3.8) is 0 Å². The zero-order valence-electron chi connectivity index (χ0n) is 23.6. The van der Waals surface area contributed by atoms with Gasteiger partial charge in [0.25, 0.3) is 11.8 Å². The number of likely N-dealkylation sites (N-methyl/N-ethyl adjacent to an activating group) is 1. The molecule has 212 valence electrons. The third-order valence-electron chi connectivity index (χ3n) is 7.90. The fourth-order valence-corrected chi connectivity index (χ4v) is 6.07. The molecule has 0 bridgehead atoms. The van der Waals surface area contributed by atoms with Crippen LogP contribution in [-0.4, -0.2) is 64.2 Å². The number of hydrogen-bond acceptors (Lipinski definition) is 6. The summed E-state index contributed by atoms with van der Waals surface area (Å²) >= 11 is 1.34. The Balaban J connectivity index is 1.15. The van der Waals surface area contributed by atoms with E-state index in [2.05, 4.69) is 63.1 Å². The van der Waals surface area contributed by atoms with Crippen molar-refractivity contribution in [1.29, 1.82) is 0 Å². The standard InChI is InChI=1S/C34H33N5O2S/c1-2-37-17-19-38(20-18-37)23-27-12-9-25(10-13-27)8-11-26-14-15-29-24-39(33(41)30(29)22-26)31(28-6-4-3-5-7-28)32(40)36-34-35-16-21-42-34/h3-7,9-10,12-16,21-22,31H,2,17-20,23-24H2,1H3,(H,35,36,40). The average molecular weight is 576 g/mol. The summed E-state index contributed by atoms with van der Waals surface area (Å²) in [5, 5.41) is 5.18. The molecule has 0 radical (unpaired) electrons. The minimum Gasteiger partial charge on any atom is -0.318 e. The van der Waals surface area contributed by atoms with Gasteiger partial charge in [-0.3, -0.25) is 19.8 Å². The molecule has 7 nitrogen and oxygen atoms in total. The molecule has 6 rings (SSSR count). The highest BCUT2D eigenvalue weighted by atomic mass is 32.1. The lowest BCUT2D eigenvalue weighted by molar-refractivity contribution is -0.120. The number of carbonyl (C=O) groups is 2.